The maximum atomic E-state index is 11.8. The van der Waals surface area contributed by atoms with E-state index in [1.54, 1.807) is 24.3 Å². The van der Waals surface area contributed by atoms with E-state index in [0.717, 1.165) is 18.8 Å². The van der Waals surface area contributed by atoms with Crippen LogP contribution in [0.4, 0.5) is 0 Å². The summed E-state index contributed by atoms with van der Waals surface area (Å²) in [5.41, 5.74) is 0. The number of hydrogen-bond acceptors (Lipinski definition) is 4. The van der Waals surface area contributed by atoms with Gasteiger partial charge in [0.2, 0.25) is 5.91 Å². The lowest BCUT2D eigenvalue weighted by Gasteiger charge is -2.30. The van der Waals surface area contributed by atoms with Gasteiger partial charge in [0.1, 0.15) is 12.4 Å². The molecule has 21 heavy (non-hydrogen) atoms. The van der Waals surface area contributed by atoms with Crippen LogP contribution >= 0.6 is 11.6 Å². The van der Waals surface area contributed by atoms with Crippen LogP contribution in [0.25, 0.3) is 0 Å². The summed E-state index contributed by atoms with van der Waals surface area (Å²) in [4.78, 5) is 13.9. The Hall–Kier alpha value is -1.30. The minimum atomic E-state index is 0.0174. The van der Waals surface area contributed by atoms with Crippen molar-refractivity contribution >= 4 is 17.5 Å². The van der Waals surface area contributed by atoms with E-state index >= 15 is 0 Å². The van der Waals surface area contributed by atoms with Crippen LogP contribution in [0.3, 0.4) is 0 Å². The van der Waals surface area contributed by atoms with Crippen molar-refractivity contribution in [2.75, 3.05) is 39.4 Å². The molecule has 0 aromatic heterocycles. The summed E-state index contributed by atoms with van der Waals surface area (Å²) in [6, 6.07) is 7.16. The Morgan fingerprint density at radius 3 is 2.95 bits per heavy atom. The molecule has 1 aromatic carbocycles. The second kappa shape index (κ2) is 8.22. The molecule has 1 atom stereocenters. The van der Waals surface area contributed by atoms with Crippen molar-refractivity contribution in [3.8, 4) is 5.75 Å². The van der Waals surface area contributed by atoms with Gasteiger partial charge in [-0.3, -0.25) is 9.69 Å². The predicted octanol–water partition coefficient (Wildman–Crippen LogP) is 1.56. The molecule has 2 rings (SSSR count). The molecule has 1 aliphatic heterocycles. The molecule has 1 unspecified atom stereocenters. The van der Waals surface area contributed by atoms with Gasteiger partial charge < -0.3 is 14.8 Å². The molecule has 1 aromatic rings. The summed E-state index contributed by atoms with van der Waals surface area (Å²) in [5.74, 6) is 0.763. The highest BCUT2D eigenvalue weighted by Gasteiger charge is 2.18. The molecule has 5 nitrogen and oxygen atoms in total. The lowest BCUT2D eigenvalue weighted by Crippen LogP contribution is -2.46. The average Bonchev–Trinajstić information content (AvgIpc) is 2.45. The molecular formula is C15H21ClN2O3. The second-order valence-corrected chi connectivity index (χ2v) is 5.51. The minimum Gasteiger partial charge on any atom is -0.492 e. The van der Waals surface area contributed by atoms with Gasteiger partial charge in [-0.1, -0.05) is 11.6 Å². The van der Waals surface area contributed by atoms with Crippen LogP contribution in [0.1, 0.15) is 6.92 Å². The zero-order valence-corrected chi connectivity index (χ0v) is 12.9. The number of nitrogens with zero attached hydrogens (tertiary/aromatic N) is 1. The molecule has 1 saturated heterocycles. The maximum absolute atomic E-state index is 11.8. The Balaban J connectivity index is 1.59. The summed E-state index contributed by atoms with van der Waals surface area (Å²) in [7, 11) is 0. The molecule has 0 saturated carbocycles. The van der Waals surface area contributed by atoms with E-state index in [9.17, 15) is 4.79 Å². The van der Waals surface area contributed by atoms with E-state index < -0.39 is 0 Å². The Bertz CT molecular complexity index is 453. The first-order valence-electron chi connectivity index (χ1n) is 7.12. The molecule has 0 spiro atoms. The topological polar surface area (TPSA) is 50.8 Å². The number of ether oxygens (including phenoxy) is 2. The fourth-order valence-corrected chi connectivity index (χ4v) is 2.31. The highest BCUT2D eigenvalue weighted by atomic mass is 35.5. The number of morpholine rings is 1. The van der Waals surface area contributed by atoms with E-state index in [2.05, 4.69) is 10.2 Å². The van der Waals surface area contributed by atoms with Crippen LogP contribution < -0.4 is 10.1 Å². The van der Waals surface area contributed by atoms with E-state index in [4.69, 9.17) is 21.1 Å². The molecule has 1 fully saturated rings. The summed E-state index contributed by atoms with van der Waals surface area (Å²) in [5, 5.41) is 3.53. The molecule has 6 heteroatoms. The second-order valence-electron chi connectivity index (χ2n) is 5.07. The molecule has 0 radical (unpaired) electrons. The number of hydrogen-bond donors (Lipinski definition) is 1. The molecule has 1 aliphatic rings. The molecule has 1 heterocycles. The quantitative estimate of drug-likeness (QED) is 0.810. The third-order valence-corrected chi connectivity index (χ3v) is 3.45. The predicted molar refractivity (Wildman–Crippen MR) is 81.8 cm³/mol. The van der Waals surface area contributed by atoms with Crippen molar-refractivity contribution in [1.29, 1.82) is 0 Å². The third-order valence-electron chi connectivity index (χ3n) is 3.20. The van der Waals surface area contributed by atoms with Crippen LogP contribution in [-0.2, 0) is 9.53 Å². The number of carbonyl (C=O) groups excluding carboxylic acids is 1. The monoisotopic (exact) mass is 312 g/mol. The Morgan fingerprint density at radius 1 is 1.48 bits per heavy atom. The number of benzene rings is 1. The van der Waals surface area contributed by atoms with Gasteiger partial charge in [0.25, 0.3) is 0 Å². The van der Waals surface area contributed by atoms with Crippen LogP contribution in [-0.4, -0.2) is 56.3 Å². The van der Waals surface area contributed by atoms with Crippen molar-refractivity contribution < 1.29 is 14.3 Å². The molecule has 1 amide bonds. The normalized spacial score (nSPS) is 19.2. The summed E-state index contributed by atoms with van der Waals surface area (Å²) in [6.07, 6.45) is 0.194. The number of amides is 1. The maximum Gasteiger partial charge on any atom is 0.234 e. The first-order chi connectivity index (χ1) is 10.1. The Labute approximate surface area is 130 Å². The first-order valence-corrected chi connectivity index (χ1v) is 7.50. The zero-order valence-electron chi connectivity index (χ0n) is 12.2. The van der Waals surface area contributed by atoms with Crippen LogP contribution in [0, 0.1) is 0 Å². The Morgan fingerprint density at radius 2 is 2.24 bits per heavy atom. The van der Waals surface area contributed by atoms with E-state index in [0.29, 0.717) is 31.3 Å². The smallest absolute Gasteiger partial charge is 0.234 e. The van der Waals surface area contributed by atoms with Gasteiger partial charge in [-0.05, 0) is 31.2 Å². The third kappa shape index (κ3) is 5.91. The number of rotatable bonds is 6. The van der Waals surface area contributed by atoms with Crippen LogP contribution in [0.2, 0.25) is 5.02 Å². The van der Waals surface area contributed by atoms with E-state index in [1.807, 2.05) is 6.92 Å². The average molecular weight is 313 g/mol. The van der Waals surface area contributed by atoms with Crippen molar-refractivity contribution in [2.24, 2.45) is 0 Å². The summed E-state index contributed by atoms with van der Waals surface area (Å²) in [6.45, 7) is 5.65. The minimum absolute atomic E-state index is 0.0174. The lowest BCUT2D eigenvalue weighted by molar-refractivity contribution is -0.124. The van der Waals surface area contributed by atoms with Gasteiger partial charge in [-0.25, -0.2) is 0 Å². The van der Waals surface area contributed by atoms with Gasteiger partial charge in [-0.2, -0.15) is 0 Å². The highest BCUT2D eigenvalue weighted by molar-refractivity contribution is 6.30. The molecule has 0 aliphatic carbocycles. The number of halogens is 1. The van der Waals surface area contributed by atoms with Gasteiger partial charge in [-0.15, -0.1) is 0 Å². The fraction of sp³-hybridized carbons (Fsp3) is 0.533. The van der Waals surface area contributed by atoms with Gasteiger partial charge >= 0.3 is 0 Å². The first kappa shape index (κ1) is 16.1. The van der Waals surface area contributed by atoms with E-state index in [1.165, 1.54) is 0 Å². The van der Waals surface area contributed by atoms with Gasteiger partial charge in [0.05, 0.1) is 25.8 Å². The molecule has 116 valence electrons. The molecular weight excluding hydrogens is 292 g/mol. The standard InChI is InChI=1S/C15H21ClN2O3/c1-12-10-18(7-9-20-12)11-15(19)17-6-8-21-14-4-2-13(16)3-5-14/h2-5,12H,6-11H2,1H3,(H,17,19). The molecule has 1 N–H and O–H groups in total. The SMILES string of the molecule is CC1CN(CC(=O)NCCOc2ccc(Cl)cc2)CCO1. The summed E-state index contributed by atoms with van der Waals surface area (Å²) >= 11 is 5.79. The fourth-order valence-electron chi connectivity index (χ4n) is 2.18. The van der Waals surface area contributed by atoms with Crippen molar-refractivity contribution in [1.82, 2.24) is 10.2 Å². The van der Waals surface area contributed by atoms with E-state index in [-0.39, 0.29) is 12.0 Å². The summed E-state index contributed by atoms with van der Waals surface area (Å²) < 4.78 is 11.0. The number of carbonyl (C=O) groups is 1. The van der Waals surface area contributed by atoms with Crippen LogP contribution in [0.5, 0.6) is 5.75 Å². The van der Waals surface area contributed by atoms with Gasteiger partial charge in [0, 0.05) is 18.1 Å². The molecule has 0 bridgehead atoms. The van der Waals surface area contributed by atoms with Crippen molar-refractivity contribution in [3.63, 3.8) is 0 Å². The van der Waals surface area contributed by atoms with Crippen LogP contribution in [0.15, 0.2) is 24.3 Å². The Kier molecular flexibility index (Phi) is 6.29. The number of nitrogens with one attached hydrogen (secondary N) is 1. The van der Waals surface area contributed by atoms with Crippen molar-refractivity contribution in [3.05, 3.63) is 29.3 Å². The zero-order chi connectivity index (χ0) is 15.1. The van der Waals surface area contributed by atoms with Gasteiger partial charge in [0.15, 0.2) is 0 Å². The van der Waals surface area contributed by atoms with Crippen molar-refractivity contribution in [2.45, 2.75) is 13.0 Å². The lowest BCUT2D eigenvalue weighted by atomic mass is 10.3. The largest absolute Gasteiger partial charge is 0.492 e. The highest BCUT2D eigenvalue weighted by Crippen LogP contribution is 2.15.